The van der Waals surface area contributed by atoms with E-state index in [1.54, 1.807) is 26.0 Å². The first kappa shape index (κ1) is 33.9. The van der Waals surface area contributed by atoms with Crippen molar-refractivity contribution < 1.29 is 27.9 Å². The van der Waals surface area contributed by atoms with Crippen LogP contribution in [0.5, 0.6) is 0 Å². The van der Waals surface area contributed by atoms with Crippen LogP contribution in [-0.4, -0.2) is 57.2 Å². The molecule has 0 saturated carbocycles. The highest BCUT2D eigenvalue weighted by Crippen LogP contribution is 2.37. The fourth-order valence-electron chi connectivity index (χ4n) is 6.00. The van der Waals surface area contributed by atoms with Crippen molar-refractivity contribution in [1.29, 1.82) is 0 Å². The molecule has 1 amide bonds. The quantitative estimate of drug-likeness (QED) is 0.274. The van der Waals surface area contributed by atoms with Crippen molar-refractivity contribution in [2.24, 2.45) is 5.92 Å². The van der Waals surface area contributed by atoms with Crippen molar-refractivity contribution >= 4 is 11.9 Å². The molecule has 1 aromatic heterocycles. The van der Waals surface area contributed by atoms with Crippen molar-refractivity contribution in [2.45, 2.75) is 79.1 Å². The second-order valence-corrected chi connectivity index (χ2v) is 12.5. The maximum atomic E-state index is 16.3. The van der Waals surface area contributed by atoms with Gasteiger partial charge in [0.25, 0.3) is 5.56 Å². The summed E-state index contributed by atoms with van der Waals surface area (Å²) in [7, 11) is 0. The molecule has 2 heterocycles. The number of hydrogen-bond acceptors (Lipinski definition) is 5. The number of hydrogen-bond donors (Lipinski definition) is 2. The molecule has 0 spiro atoms. The van der Waals surface area contributed by atoms with Crippen LogP contribution in [-0.2, 0) is 16.0 Å². The second kappa shape index (κ2) is 14.0. The highest BCUT2D eigenvalue weighted by atomic mass is 19.1. The van der Waals surface area contributed by atoms with Crippen LogP contribution in [0.2, 0.25) is 0 Å². The molecule has 0 bridgehead atoms. The fourth-order valence-corrected chi connectivity index (χ4v) is 6.00. The number of nitrogens with one attached hydrogen (secondary N) is 1. The van der Waals surface area contributed by atoms with E-state index in [0.29, 0.717) is 37.3 Å². The highest BCUT2D eigenvalue weighted by molar-refractivity contribution is 5.82. The smallest absolute Gasteiger partial charge is 0.305 e. The summed E-state index contributed by atoms with van der Waals surface area (Å²) in [5, 5.41) is 12.4. The zero-order chi connectivity index (χ0) is 33.2. The number of aryl methyl sites for hydroxylation is 4. The topological polar surface area (TPSA) is 105 Å². The lowest BCUT2D eigenvalue weighted by atomic mass is 9.89. The highest BCUT2D eigenvalue weighted by Gasteiger charge is 2.32. The van der Waals surface area contributed by atoms with Gasteiger partial charge in [0.15, 0.2) is 0 Å². The monoisotopic (exact) mass is 626 g/mol. The van der Waals surface area contributed by atoms with E-state index in [1.807, 2.05) is 24.8 Å². The van der Waals surface area contributed by atoms with Gasteiger partial charge in [-0.15, -0.1) is 0 Å². The summed E-state index contributed by atoms with van der Waals surface area (Å²) in [6, 6.07) is 4.14. The normalized spacial score (nSPS) is 15.2. The van der Waals surface area contributed by atoms with Crippen LogP contribution in [0.15, 0.2) is 35.3 Å². The number of nitrogens with zero attached hydrogens (tertiary/aromatic N) is 3. The van der Waals surface area contributed by atoms with E-state index in [2.05, 4.69) is 10.3 Å². The maximum absolute atomic E-state index is 16.3. The number of carboxylic acid groups (broad SMARTS) is 1. The number of rotatable bonds is 12. The van der Waals surface area contributed by atoms with Crippen LogP contribution in [0.3, 0.4) is 0 Å². The molecular formula is C34H41F3N4O4. The van der Waals surface area contributed by atoms with Crippen molar-refractivity contribution in [3.05, 3.63) is 86.1 Å². The third-order valence-electron chi connectivity index (χ3n) is 8.28. The van der Waals surface area contributed by atoms with Crippen molar-refractivity contribution in [3.63, 3.8) is 0 Å². The Balaban J connectivity index is 1.75. The van der Waals surface area contributed by atoms with E-state index < -0.39 is 59.3 Å². The summed E-state index contributed by atoms with van der Waals surface area (Å²) in [5.74, 6) is -4.09. The first-order valence-corrected chi connectivity index (χ1v) is 15.2. The Morgan fingerprint density at radius 1 is 1.07 bits per heavy atom. The van der Waals surface area contributed by atoms with Gasteiger partial charge in [-0.3, -0.25) is 28.8 Å². The molecule has 0 aliphatic carbocycles. The summed E-state index contributed by atoms with van der Waals surface area (Å²) in [6.45, 7) is 11.5. The third kappa shape index (κ3) is 7.64. The number of aromatic nitrogens is 2. The van der Waals surface area contributed by atoms with Crippen LogP contribution >= 0.6 is 0 Å². The number of halogens is 3. The molecule has 2 atom stereocenters. The molecule has 45 heavy (non-hydrogen) atoms. The molecule has 1 fully saturated rings. The first-order valence-electron chi connectivity index (χ1n) is 15.2. The van der Waals surface area contributed by atoms with Crippen molar-refractivity contribution in [1.82, 2.24) is 19.8 Å². The fraction of sp³-hybridized carbons (Fsp3) is 0.471. The molecule has 3 aromatic rings. The number of benzene rings is 2. The lowest BCUT2D eigenvalue weighted by molar-refractivity contribution is -0.138. The van der Waals surface area contributed by atoms with Gasteiger partial charge in [0, 0.05) is 43.4 Å². The van der Waals surface area contributed by atoms with Gasteiger partial charge >= 0.3 is 5.97 Å². The predicted octanol–water partition coefficient (Wildman–Crippen LogP) is 5.54. The van der Waals surface area contributed by atoms with Gasteiger partial charge in [0.1, 0.15) is 29.5 Å². The SMILES string of the molecule is Cc1cc(-c2c(C)cccc2C)c(F)c([C@H](CC(=O)O)NC(=O)[C@H](CC(C)C)n2cc(CCN3CC(F)C3)nc(C)c2=O)c1F. The van der Waals surface area contributed by atoms with Crippen LogP contribution < -0.4 is 10.9 Å². The van der Waals surface area contributed by atoms with Gasteiger partial charge in [-0.2, -0.15) is 0 Å². The molecule has 2 aromatic carbocycles. The molecule has 1 saturated heterocycles. The van der Waals surface area contributed by atoms with E-state index in [0.717, 1.165) is 11.1 Å². The molecule has 1 aliphatic rings. The number of carboxylic acids is 1. The van der Waals surface area contributed by atoms with Gasteiger partial charge < -0.3 is 10.4 Å². The number of amides is 1. The summed E-state index contributed by atoms with van der Waals surface area (Å²) in [5.41, 5.74) is 1.91. The number of aliphatic carboxylic acids is 1. The standard InChI is InChI=1S/C34H41F3N4O4/c1-18(2)12-27(41-17-24(38-22(6)34(41)45)10-11-40-15-23(35)16-40)33(44)39-26(14-28(42)43)30-31(36)21(5)13-25(32(30)37)29-19(3)8-7-9-20(29)4/h7-9,13,17-18,23,26-27H,10-12,14-16H2,1-6H3,(H,39,44)(H,42,43)/t26-,27-/m0/s1. The van der Waals surface area contributed by atoms with Crippen LogP contribution in [0.25, 0.3) is 11.1 Å². The van der Waals surface area contributed by atoms with E-state index in [-0.39, 0.29) is 29.2 Å². The lowest BCUT2D eigenvalue weighted by Gasteiger charge is -2.34. The number of likely N-dealkylation sites (tertiary alicyclic amines) is 1. The van der Waals surface area contributed by atoms with Gasteiger partial charge in [-0.25, -0.2) is 13.2 Å². The largest absolute Gasteiger partial charge is 0.481 e. The van der Waals surface area contributed by atoms with Crippen LogP contribution in [0, 0.1) is 45.2 Å². The Morgan fingerprint density at radius 3 is 2.29 bits per heavy atom. The summed E-state index contributed by atoms with van der Waals surface area (Å²) >= 11 is 0. The molecule has 1 aliphatic heterocycles. The van der Waals surface area contributed by atoms with Gasteiger partial charge in [-0.1, -0.05) is 32.0 Å². The predicted molar refractivity (Wildman–Crippen MR) is 166 cm³/mol. The number of carbonyl (C=O) groups is 2. The van der Waals surface area contributed by atoms with E-state index >= 15 is 8.78 Å². The summed E-state index contributed by atoms with van der Waals surface area (Å²) in [6.07, 6.45) is 0.465. The molecule has 242 valence electrons. The molecule has 0 unspecified atom stereocenters. The zero-order valence-corrected chi connectivity index (χ0v) is 26.6. The zero-order valence-electron chi connectivity index (χ0n) is 26.6. The molecule has 11 heteroatoms. The van der Waals surface area contributed by atoms with E-state index in [9.17, 15) is 23.9 Å². The Kier molecular flexibility index (Phi) is 10.5. The Morgan fingerprint density at radius 2 is 1.71 bits per heavy atom. The molecule has 8 nitrogen and oxygen atoms in total. The number of carbonyl (C=O) groups excluding carboxylic acids is 1. The Hall–Kier alpha value is -3.99. The Labute approximate surface area is 261 Å². The van der Waals surface area contributed by atoms with E-state index in [1.165, 1.54) is 30.7 Å². The average molecular weight is 627 g/mol. The molecule has 2 N–H and O–H groups in total. The van der Waals surface area contributed by atoms with Gasteiger partial charge in [0.2, 0.25) is 5.91 Å². The number of alkyl halides is 1. The van der Waals surface area contributed by atoms with Gasteiger partial charge in [0.05, 0.1) is 18.2 Å². The van der Waals surface area contributed by atoms with Crippen molar-refractivity contribution in [3.8, 4) is 11.1 Å². The minimum absolute atomic E-state index is 0.0758. The summed E-state index contributed by atoms with van der Waals surface area (Å²) < 4.78 is 46.6. The Bertz CT molecular complexity index is 1630. The third-order valence-corrected chi connectivity index (χ3v) is 8.28. The van der Waals surface area contributed by atoms with Crippen LogP contribution in [0.1, 0.15) is 72.4 Å². The van der Waals surface area contributed by atoms with Crippen molar-refractivity contribution in [2.75, 3.05) is 19.6 Å². The molecule has 4 rings (SSSR count). The minimum Gasteiger partial charge on any atom is -0.481 e. The molecular weight excluding hydrogens is 585 g/mol. The minimum atomic E-state index is -1.56. The average Bonchev–Trinajstić information content (AvgIpc) is 2.93. The lowest BCUT2D eigenvalue weighted by Crippen LogP contribution is -2.49. The maximum Gasteiger partial charge on any atom is 0.305 e. The first-order chi connectivity index (χ1) is 21.2. The van der Waals surface area contributed by atoms with Crippen LogP contribution in [0.4, 0.5) is 13.2 Å². The second-order valence-electron chi connectivity index (χ2n) is 12.5. The molecule has 0 radical (unpaired) electrons. The van der Waals surface area contributed by atoms with E-state index in [4.69, 9.17) is 0 Å². The van der Waals surface area contributed by atoms with Gasteiger partial charge in [-0.05, 0) is 68.4 Å². The summed E-state index contributed by atoms with van der Waals surface area (Å²) in [4.78, 5) is 45.5.